The van der Waals surface area contributed by atoms with E-state index in [1.165, 1.54) is 0 Å². The van der Waals surface area contributed by atoms with Gasteiger partial charge in [-0.05, 0) is 46.5 Å². The molecule has 1 aromatic carbocycles. The molecular formula is C13H15BrF3NO. The second-order valence-corrected chi connectivity index (χ2v) is 5.90. The summed E-state index contributed by atoms with van der Waals surface area (Å²) < 4.78 is 38.8. The van der Waals surface area contributed by atoms with Gasteiger partial charge in [0, 0.05) is 12.0 Å². The zero-order valence-corrected chi connectivity index (χ0v) is 11.8. The molecule has 0 spiro atoms. The number of alkyl halides is 3. The molecule has 0 bridgehead atoms. The maximum atomic E-state index is 12.9. The van der Waals surface area contributed by atoms with E-state index in [4.69, 9.17) is 5.73 Å². The van der Waals surface area contributed by atoms with Gasteiger partial charge in [-0.3, -0.25) is 0 Å². The van der Waals surface area contributed by atoms with Gasteiger partial charge in [0.1, 0.15) is 5.75 Å². The lowest BCUT2D eigenvalue weighted by Crippen LogP contribution is -2.32. The third-order valence-corrected chi connectivity index (χ3v) is 4.54. The summed E-state index contributed by atoms with van der Waals surface area (Å²) in [6, 6.07) is 2.60. The molecule has 0 aliphatic heterocycles. The molecule has 0 aromatic heterocycles. The van der Waals surface area contributed by atoms with E-state index in [0.717, 1.165) is 31.7 Å². The fraction of sp³-hybridized carbons (Fsp3) is 0.538. The lowest BCUT2D eigenvalue weighted by Gasteiger charge is -2.29. The van der Waals surface area contributed by atoms with Crippen molar-refractivity contribution in [2.75, 3.05) is 6.54 Å². The maximum Gasteiger partial charge on any atom is 0.420 e. The first-order valence-corrected chi connectivity index (χ1v) is 6.90. The molecule has 0 radical (unpaired) electrons. The van der Waals surface area contributed by atoms with Gasteiger partial charge in [0.15, 0.2) is 0 Å². The van der Waals surface area contributed by atoms with Crippen molar-refractivity contribution < 1.29 is 18.3 Å². The number of halogens is 4. The highest BCUT2D eigenvalue weighted by Crippen LogP contribution is 2.46. The molecule has 2 nitrogen and oxygen atoms in total. The molecule has 0 amide bonds. The fourth-order valence-corrected chi connectivity index (χ4v) is 3.24. The average molecular weight is 338 g/mol. The van der Waals surface area contributed by atoms with E-state index in [0.29, 0.717) is 12.1 Å². The number of phenols is 1. The van der Waals surface area contributed by atoms with Crippen LogP contribution in [0.3, 0.4) is 0 Å². The van der Waals surface area contributed by atoms with Crippen molar-refractivity contribution in [3.63, 3.8) is 0 Å². The number of rotatable bonds is 2. The quantitative estimate of drug-likeness (QED) is 0.858. The third-order valence-electron chi connectivity index (χ3n) is 3.93. The Labute approximate surface area is 117 Å². The monoisotopic (exact) mass is 337 g/mol. The van der Waals surface area contributed by atoms with Crippen LogP contribution in [0.1, 0.15) is 36.8 Å². The molecule has 1 aliphatic rings. The minimum Gasteiger partial charge on any atom is -0.506 e. The molecule has 1 saturated carbocycles. The van der Waals surface area contributed by atoms with Crippen molar-refractivity contribution in [1.82, 2.24) is 0 Å². The molecule has 106 valence electrons. The van der Waals surface area contributed by atoms with Crippen LogP contribution in [0, 0.1) is 0 Å². The van der Waals surface area contributed by atoms with Gasteiger partial charge < -0.3 is 10.8 Å². The van der Waals surface area contributed by atoms with Crippen molar-refractivity contribution in [3.8, 4) is 5.75 Å². The highest BCUT2D eigenvalue weighted by Gasteiger charge is 2.39. The predicted octanol–water partition coefficient (Wildman–Crippen LogP) is 3.94. The zero-order chi connectivity index (χ0) is 14.3. The Kier molecular flexibility index (Phi) is 3.84. The first-order valence-electron chi connectivity index (χ1n) is 6.10. The smallest absolute Gasteiger partial charge is 0.420 e. The summed E-state index contributed by atoms with van der Waals surface area (Å²) >= 11 is 3.00. The van der Waals surface area contributed by atoms with Crippen LogP contribution < -0.4 is 5.73 Å². The molecule has 1 aliphatic carbocycles. The van der Waals surface area contributed by atoms with Crippen LogP contribution in [0.15, 0.2) is 16.6 Å². The number of aromatic hydroxyl groups is 1. The number of hydrogen-bond donors (Lipinski definition) is 2. The lowest BCUT2D eigenvalue weighted by atomic mass is 9.78. The molecule has 6 heteroatoms. The van der Waals surface area contributed by atoms with E-state index in [-0.39, 0.29) is 4.47 Å². The van der Waals surface area contributed by atoms with Crippen molar-refractivity contribution in [2.24, 2.45) is 5.73 Å². The Morgan fingerprint density at radius 1 is 1.26 bits per heavy atom. The Morgan fingerprint density at radius 3 is 2.32 bits per heavy atom. The normalized spacial score (nSPS) is 18.8. The zero-order valence-electron chi connectivity index (χ0n) is 10.2. The van der Waals surface area contributed by atoms with E-state index in [9.17, 15) is 18.3 Å². The van der Waals surface area contributed by atoms with Gasteiger partial charge in [0.25, 0.3) is 0 Å². The summed E-state index contributed by atoms with van der Waals surface area (Å²) in [4.78, 5) is 0. The molecule has 3 N–H and O–H groups in total. The van der Waals surface area contributed by atoms with Crippen LogP contribution >= 0.6 is 15.9 Å². The van der Waals surface area contributed by atoms with Crippen LogP contribution in [0.2, 0.25) is 0 Å². The number of nitrogens with two attached hydrogens (primary N) is 1. The summed E-state index contributed by atoms with van der Waals surface area (Å²) in [5, 5.41) is 9.56. The second-order valence-electron chi connectivity index (χ2n) is 5.04. The van der Waals surface area contributed by atoms with Crippen LogP contribution in [-0.4, -0.2) is 11.7 Å². The molecule has 1 fully saturated rings. The number of phenolic OH excluding ortho intramolecular Hbond substituents is 1. The largest absolute Gasteiger partial charge is 0.506 e. The molecule has 1 aromatic rings. The molecule has 0 saturated heterocycles. The molecular weight excluding hydrogens is 323 g/mol. The summed E-state index contributed by atoms with van der Waals surface area (Å²) in [6.07, 6.45) is -1.05. The van der Waals surface area contributed by atoms with E-state index in [2.05, 4.69) is 15.9 Å². The van der Waals surface area contributed by atoms with Crippen molar-refractivity contribution in [2.45, 2.75) is 37.3 Å². The average Bonchev–Trinajstić information content (AvgIpc) is 2.80. The van der Waals surface area contributed by atoms with Crippen LogP contribution in [0.25, 0.3) is 0 Å². The van der Waals surface area contributed by atoms with E-state index >= 15 is 0 Å². The molecule has 0 atom stereocenters. The van der Waals surface area contributed by atoms with Crippen molar-refractivity contribution in [3.05, 3.63) is 27.7 Å². The summed E-state index contributed by atoms with van der Waals surface area (Å²) in [6.45, 7) is 0.321. The Balaban J connectivity index is 2.56. The van der Waals surface area contributed by atoms with Gasteiger partial charge in [-0.2, -0.15) is 13.2 Å². The topological polar surface area (TPSA) is 46.2 Å². The minimum absolute atomic E-state index is 0.0667. The number of hydrogen-bond acceptors (Lipinski definition) is 2. The van der Waals surface area contributed by atoms with Gasteiger partial charge in [-0.25, -0.2) is 0 Å². The van der Waals surface area contributed by atoms with Crippen LogP contribution in [0.4, 0.5) is 13.2 Å². The number of benzene rings is 1. The predicted molar refractivity (Wildman–Crippen MR) is 70.0 cm³/mol. The van der Waals surface area contributed by atoms with E-state index in [1.807, 2.05) is 0 Å². The molecule has 0 unspecified atom stereocenters. The highest BCUT2D eigenvalue weighted by atomic mass is 79.9. The van der Waals surface area contributed by atoms with E-state index in [1.54, 1.807) is 6.07 Å². The van der Waals surface area contributed by atoms with Gasteiger partial charge in [0.2, 0.25) is 0 Å². The van der Waals surface area contributed by atoms with Gasteiger partial charge in [0.05, 0.1) is 10.0 Å². The Hall–Kier alpha value is -0.750. The third kappa shape index (κ3) is 2.60. The minimum atomic E-state index is -4.57. The SMILES string of the molecule is NCC1(c2cc(Br)c(O)c(C(F)(F)F)c2)CCCC1. The molecule has 19 heavy (non-hydrogen) atoms. The second kappa shape index (κ2) is 4.98. The van der Waals surface area contributed by atoms with E-state index < -0.39 is 22.9 Å². The van der Waals surface area contributed by atoms with Crippen LogP contribution in [0.5, 0.6) is 5.75 Å². The lowest BCUT2D eigenvalue weighted by molar-refractivity contribution is -0.138. The van der Waals surface area contributed by atoms with Crippen molar-refractivity contribution >= 4 is 15.9 Å². The molecule has 2 rings (SSSR count). The van der Waals surface area contributed by atoms with Crippen molar-refractivity contribution in [1.29, 1.82) is 0 Å². The summed E-state index contributed by atoms with van der Waals surface area (Å²) in [7, 11) is 0. The summed E-state index contributed by atoms with van der Waals surface area (Å²) in [5.41, 5.74) is 4.95. The molecule has 0 heterocycles. The van der Waals surface area contributed by atoms with Gasteiger partial charge in [-0.15, -0.1) is 0 Å². The standard InChI is InChI=1S/C13H15BrF3NO/c14-10-6-8(12(7-18)3-1-2-4-12)5-9(11(10)19)13(15,16)17/h5-6,19H,1-4,7,18H2. The maximum absolute atomic E-state index is 12.9. The highest BCUT2D eigenvalue weighted by molar-refractivity contribution is 9.10. The summed E-state index contributed by atoms with van der Waals surface area (Å²) in [5.74, 6) is -0.763. The van der Waals surface area contributed by atoms with Gasteiger partial charge in [-0.1, -0.05) is 12.8 Å². The first-order chi connectivity index (χ1) is 8.80. The fourth-order valence-electron chi connectivity index (χ4n) is 2.78. The Morgan fingerprint density at radius 2 is 1.84 bits per heavy atom. The first kappa shape index (κ1) is 14.7. The van der Waals surface area contributed by atoms with Crippen LogP contribution in [-0.2, 0) is 11.6 Å². The van der Waals surface area contributed by atoms with Gasteiger partial charge >= 0.3 is 6.18 Å². The Bertz CT molecular complexity index is 482.